The van der Waals surface area contributed by atoms with E-state index < -0.39 is 0 Å². The molecule has 5 heteroatoms. The number of aliphatic imine (C=N–C) groups is 1. The second kappa shape index (κ2) is 27.4. The van der Waals surface area contributed by atoms with Crippen LogP contribution in [0.1, 0.15) is 94.6 Å². The Morgan fingerprint density at radius 2 is 1.56 bits per heavy atom. The molecule has 34 heavy (non-hydrogen) atoms. The highest BCUT2D eigenvalue weighted by molar-refractivity contribution is 6.29. The molecule has 0 aromatic heterocycles. The highest BCUT2D eigenvalue weighted by Crippen LogP contribution is 2.23. The molecule has 0 heterocycles. The number of anilines is 1. The Morgan fingerprint density at radius 3 is 1.91 bits per heavy atom. The fourth-order valence-electron chi connectivity index (χ4n) is 2.03. The average Bonchev–Trinajstić information content (AvgIpc) is 2.84. The van der Waals surface area contributed by atoms with Gasteiger partial charge < -0.3 is 5.32 Å². The SMILES string of the molecule is C=CC/C(N=CCCl)=C(/C)Cl.CC.CC.CC.CC/C=C/C(=O)Nc1ccc(C(C)(C)C)cc1. The van der Waals surface area contributed by atoms with Crippen LogP contribution in [0, 0.1) is 0 Å². The zero-order chi connectivity index (χ0) is 27.6. The first-order chi connectivity index (χ1) is 16.1. The summed E-state index contributed by atoms with van der Waals surface area (Å²) in [4.78, 5) is 15.5. The van der Waals surface area contributed by atoms with Gasteiger partial charge in [0, 0.05) is 23.4 Å². The fourth-order valence-corrected chi connectivity index (χ4v) is 2.22. The quantitative estimate of drug-likeness (QED) is 0.168. The molecule has 0 saturated heterocycles. The lowest BCUT2D eigenvalue weighted by molar-refractivity contribution is -0.111. The van der Waals surface area contributed by atoms with Crippen LogP contribution in [0.4, 0.5) is 5.69 Å². The molecule has 0 aliphatic heterocycles. The van der Waals surface area contributed by atoms with E-state index in [0.717, 1.165) is 17.8 Å². The van der Waals surface area contributed by atoms with Gasteiger partial charge in [0.25, 0.3) is 0 Å². The summed E-state index contributed by atoms with van der Waals surface area (Å²) in [6, 6.07) is 7.99. The molecule has 0 unspecified atom stereocenters. The molecule has 0 fully saturated rings. The Labute approximate surface area is 221 Å². The lowest BCUT2D eigenvalue weighted by Gasteiger charge is -2.19. The van der Waals surface area contributed by atoms with Gasteiger partial charge in [0.15, 0.2) is 0 Å². The van der Waals surface area contributed by atoms with Crippen molar-refractivity contribution in [1.29, 1.82) is 0 Å². The summed E-state index contributed by atoms with van der Waals surface area (Å²) in [6.07, 6.45) is 8.34. The first-order valence-electron chi connectivity index (χ1n) is 12.3. The third-order valence-electron chi connectivity index (χ3n) is 3.57. The molecule has 1 aromatic carbocycles. The summed E-state index contributed by atoms with van der Waals surface area (Å²) in [6.45, 7) is 25.9. The molecule has 1 amide bonds. The zero-order valence-corrected chi connectivity index (χ0v) is 25.1. The van der Waals surface area contributed by atoms with Crippen LogP contribution in [0.5, 0.6) is 0 Å². The second-order valence-electron chi connectivity index (χ2n) is 7.07. The van der Waals surface area contributed by atoms with E-state index in [9.17, 15) is 4.79 Å². The minimum absolute atomic E-state index is 0.0737. The van der Waals surface area contributed by atoms with Gasteiger partial charge in [0.2, 0.25) is 5.91 Å². The second-order valence-corrected chi connectivity index (χ2v) is 7.94. The summed E-state index contributed by atoms with van der Waals surface area (Å²) in [7, 11) is 0. The van der Waals surface area contributed by atoms with Crippen molar-refractivity contribution in [1.82, 2.24) is 0 Å². The lowest BCUT2D eigenvalue weighted by Crippen LogP contribution is -2.12. The van der Waals surface area contributed by atoms with Gasteiger partial charge in [0.05, 0.1) is 11.6 Å². The summed E-state index contributed by atoms with van der Waals surface area (Å²) >= 11 is 11.1. The van der Waals surface area contributed by atoms with Crippen molar-refractivity contribution in [2.45, 2.75) is 94.4 Å². The Kier molecular flexibility index (Phi) is 31.7. The number of benzene rings is 1. The number of rotatable bonds is 7. The van der Waals surface area contributed by atoms with E-state index >= 15 is 0 Å². The molecule has 0 aliphatic rings. The van der Waals surface area contributed by atoms with Gasteiger partial charge in [-0.1, -0.05) is 105 Å². The maximum Gasteiger partial charge on any atom is 0.248 e. The maximum atomic E-state index is 11.5. The van der Waals surface area contributed by atoms with Gasteiger partial charge in [-0.25, -0.2) is 0 Å². The van der Waals surface area contributed by atoms with Gasteiger partial charge in [-0.2, -0.15) is 0 Å². The van der Waals surface area contributed by atoms with E-state index in [1.54, 1.807) is 25.3 Å². The van der Waals surface area contributed by atoms with Gasteiger partial charge >= 0.3 is 0 Å². The summed E-state index contributed by atoms with van der Waals surface area (Å²) in [5, 5.41) is 3.52. The molecule has 0 aliphatic carbocycles. The van der Waals surface area contributed by atoms with Crippen LogP contribution in [-0.4, -0.2) is 18.0 Å². The molecule has 1 rings (SSSR count). The summed E-state index contributed by atoms with van der Waals surface area (Å²) in [5.41, 5.74) is 3.07. The Hall–Kier alpha value is -1.84. The van der Waals surface area contributed by atoms with Gasteiger partial charge in [-0.3, -0.25) is 9.79 Å². The third kappa shape index (κ3) is 23.3. The van der Waals surface area contributed by atoms with Gasteiger partial charge in [0.1, 0.15) is 0 Å². The van der Waals surface area contributed by atoms with Gasteiger partial charge in [-0.15, -0.1) is 18.2 Å². The molecule has 3 nitrogen and oxygen atoms in total. The van der Waals surface area contributed by atoms with E-state index in [4.69, 9.17) is 23.2 Å². The largest absolute Gasteiger partial charge is 0.323 e. The average molecular weight is 514 g/mol. The monoisotopic (exact) mass is 512 g/mol. The number of nitrogens with one attached hydrogen (secondary N) is 1. The van der Waals surface area contributed by atoms with Crippen LogP contribution in [0.2, 0.25) is 0 Å². The van der Waals surface area contributed by atoms with Crippen molar-refractivity contribution in [2.24, 2.45) is 4.99 Å². The van der Waals surface area contributed by atoms with Crippen LogP contribution in [-0.2, 0) is 10.2 Å². The number of amides is 1. The number of nitrogens with zero attached hydrogens (tertiary/aromatic N) is 1. The van der Waals surface area contributed by atoms with Crippen LogP contribution in [0.3, 0.4) is 0 Å². The molecule has 0 spiro atoms. The Morgan fingerprint density at radius 1 is 1.06 bits per heavy atom. The summed E-state index contributed by atoms with van der Waals surface area (Å²) < 4.78 is 0. The standard InChI is InChI=1S/C15H21NO.C8H11Cl2N.3C2H6/c1-5-6-7-14(17)16-13-10-8-12(9-11-13)15(2,3)4;1-3-4-8(7(2)10)11-6-5-9;3*1-2/h6-11H,5H2,1-4H3,(H,16,17);3,6H,1,4-5H2,2H3;3*1-2H3/b7-6+;8-7+,11-6?;;;. The minimum Gasteiger partial charge on any atom is -0.323 e. The zero-order valence-electron chi connectivity index (χ0n) is 23.6. The first-order valence-corrected chi connectivity index (χ1v) is 13.2. The Balaban J connectivity index is -0.000000229. The smallest absolute Gasteiger partial charge is 0.248 e. The van der Waals surface area contributed by atoms with E-state index in [2.05, 4.69) is 49.8 Å². The Bertz CT molecular complexity index is 694. The number of allylic oxidation sites excluding steroid dienone is 3. The first kappa shape index (κ1) is 39.4. The van der Waals surface area contributed by atoms with E-state index in [-0.39, 0.29) is 11.3 Å². The number of alkyl halides is 1. The maximum absolute atomic E-state index is 11.5. The van der Waals surface area contributed by atoms with Crippen molar-refractivity contribution in [2.75, 3.05) is 11.2 Å². The predicted molar refractivity (Wildman–Crippen MR) is 160 cm³/mol. The molecule has 0 saturated carbocycles. The molecular weight excluding hydrogens is 463 g/mol. The topological polar surface area (TPSA) is 41.5 Å². The van der Waals surface area contributed by atoms with Crippen molar-refractivity contribution in [3.63, 3.8) is 0 Å². The normalized spacial score (nSPS) is 10.7. The van der Waals surface area contributed by atoms with Crippen molar-refractivity contribution in [3.8, 4) is 0 Å². The molecule has 1 N–H and O–H groups in total. The van der Waals surface area contributed by atoms with Crippen LogP contribution < -0.4 is 5.32 Å². The van der Waals surface area contributed by atoms with E-state index in [1.807, 2.05) is 66.7 Å². The molecular formula is C29H50Cl2N2O. The molecule has 0 bridgehead atoms. The number of carbonyl (C=O) groups excluding carboxylic acids is 1. The number of hydrogen-bond donors (Lipinski definition) is 1. The highest BCUT2D eigenvalue weighted by atomic mass is 35.5. The molecule has 196 valence electrons. The van der Waals surface area contributed by atoms with Crippen molar-refractivity contribution in [3.05, 3.63) is 65.4 Å². The number of carbonyl (C=O) groups is 1. The van der Waals surface area contributed by atoms with E-state index in [0.29, 0.717) is 17.3 Å². The van der Waals surface area contributed by atoms with Crippen molar-refractivity contribution < 1.29 is 4.79 Å². The molecule has 1 aromatic rings. The van der Waals surface area contributed by atoms with Crippen molar-refractivity contribution >= 4 is 41.0 Å². The van der Waals surface area contributed by atoms with Gasteiger partial charge in [-0.05, 0) is 42.5 Å². The number of halogens is 2. The van der Waals surface area contributed by atoms with Crippen LogP contribution in [0.15, 0.2) is 64.8 Å². The predicted octanol–water partition coefficient (Wildman–Crippen LogP) is 10.3. The highest BCUT2D eigenvalue weighted by Gasteiger charge is 2.12. The molecule has 0 radical (unpaired) electrons. The number of hydrogen-bond acceptors (Lipinski definition) is 2. The summed E-state index contributed by atoms with van der Waals surface area (Å²) in [5.74, 6) is 0.334. The van der Waals surface area contributed by atoms with E-state index in [1.165, 1.54) is 5.56 Å². The lowest BCUT2D eigenvalue weighted by atomic mass is 9.87. The minimum atomic E-state index is -0.0737. The van der Waals surface area contributed by atoms with Crippen LogP contribution >= 0.6 is 23.2 Å². The molecule has 0 atom stereocenters. The fraction of sp³-hybridized carbons (Fsp3) is 0.517. The van der Waals surface area contributed by atoms with Crippen LogP contribution in [0.25, 0.3) is 0 Å². The third-order valence-corrected chi connectivity index (χ3v) is 3.93.